The van der Waals surface area contributed by atoms with E-state index in [0.717, 1.165) is 29.9 Å². The molecule has 13 rings (SSSR count). The van der Waals surface area contributed by atoms with Gasteiger partial charge in [-0.1, -0.05) is 164 Å². The predicted octanol–water partition coefficient (Wildman–Crippen LogP) is 16.7. The molecule has 0 atom stereocenters. The monoisotopic (exact) mass is 834 g/mol. The molecule has 0 N–H and O–H groups in total. The van der Waals surface area contributed by atoms with Crippen molar-refractivity contribution in [1.29, 1.82) is 0 Å². The van der Waals surface area contributed by atoms with Gasteiger partial charge in [0.25, 0.3) is 0 Å². The van der Waals surface area contributed by atoms with E-state index < -0.39 is 5.41 Å². The highest BCUT2D eigenvalue weighted by atomic mass is 32.1. The summed E-state index contributed by atoms with van der Waals surface area (Å²) in [6.07, 6.45) is 6.67. The first-order chi connectivity index (χ1) is 31.8. The Balaban J connectivity index is 1.03. The van der Waals surface area contributed by atoms with Crippen molar-refractivity contribution in [3.63, 3.8) is 0 Å². The van der Waals surface area contributed by atoms with Gasteiger partial charge in [0.05, 0.1) is 16.4 Å². The van der Waals surface area contributed by atoms with Crippen LogP contribution in [0.2, 0.25) is 0 Å². The number of allylic oxidation sites excluding steroid dienone is 4. The molecule has 302 valence electrons. The summed E-state index contributed by atoms with van der Waals surface area (Å²) < 4.78 is 5.10. The topological polar surface area (TPSA) is 8.17 Å². The van der Waals surface area contributed by atoms with Gasteiger partial charge in [-0.05, 0) is 124 Å². The van der Waals surface area contributed by atoms with E-state index in [-0.39, 0.29) is 0 Å². The highest BCUT2D eigenvalue weighted by molar-refractivity contribution is 7.25. The Labute approximate surface area is 376 Å². The van der Waals surface area contributed by atoms with Gasteiger partial charge in [0.2, 0.25) is 0 Å². The zero-order valence-electron chi connectivity index (χ0n) is 35.2. The standard InChI is InChI=1S/C61H42N2S/c1-4-17-42(18-5-1)61(43-19-6-2-7-20-43)54-27-16-26-48(41-31-33-45(34-32-41)63-56-28-13-10-23-49(56)50-24-11-14-29-57(50)63)60(54)52-37-35-47(40-55(52)61)62(44-21-8-3-9-22-44)46-36-38-59-53(39-46)51-25-12-15-30-58(51)64-59/h1-31,33,35-40H,32,34H2. The molecule has 2 aliphatic rings. The third kappa shape index (κ3) is 5.51. The minimum atomic E-state index is -0.561. The molecule has 2 aliphatic carbocycles. The fourth-order valence-electron chi connectivity index (χ4n) is 11.1. The molecule has 2 heterocycles. The Morgan fingerprint density at radius 2 is 1.00 bits per heavy atom. The molecule has 0 fully saturated rings. The molecule has 3 heteroatoms. The normalized spacial score (nSPS) is 14.1. The number of hydrogen-bond donors (Lipinski definition) is 0. The molecule has 11 aromatic rings. The van der Waals surface area contributed by atoms with Gasteiger partial charge in [-0.15, -0.1) is 11.3 Å². The summed E-state index contributed by atoms with van der Waals surface area (Å²) in [6, 6.07) is 81.0. The van der Waals surface area contributed by atoms with Crippen LogP contribution in [-0.4, -0.2) is 4.57 Å². The SMILES string of the molecule is C1=C(c2cccc3c2-c2ccc(N(c4ccccc4)c4ccc5sc6ccccc6c5c4)cc2C3(c2ccccc2)c2ccccc2)CCC(n2c3ccccc3c3ccccc32)=C1. The lowest BCUT2D eigenvalue weighted by molar-refractivity contribution is 0.768. The first kappa shape index (κ1) is 36.9. The molecule has 2 aromatic heterocycles. The summed E-state index contributed by atoms with van der Waals surface area (Å²) in [7, 11) is 0. The Kier molecular flexibility index (Phi) is 8.47. The van der Waals surface area contributed by atoms with Gasteiger partial charge in [0.1, 0.15) is 0 Å². The molecule has 64 heavy (non-hydrogen) atoms. The van der Waals surface area contributed by atoms with Gasteiger partial charge in [0.15, 0.2) is 0 Å². The van der Waals surface area contributed by atoms with Gasteiger partial charge in [-0.3, -0.25) is 0 Å². The summed E-state index contributed by atoms with van der Waals surface area (Å²) in [5.41, 5.74) is 17.1. The van der Waals surface area contributed by atoms with E-state index in [1.807, 2.05) is 11.3 Å². The Bertz CT molecular complexity index is 3570. The molecule has 0 saturated heterocycles. The van der Waals surface area contributed by atoms with E-state index >= 15 is 0 Å². The zero-order valence-corrected chi connectivity index (χ0v) is 36.0. The second-order valence-electron chi connectivity index (χ2n) is 17.1. The largest absolute Gasteiger partial charge is 0.313 e. The van der Waals surface area contributed by atoms with Crippen LogP contribution in [0.15, 0.2) is 231 Å². The van der Waals surface area contributed by atoms with Gasteiger partial charge >= 0.3 is 0 Å². The van der Waals surface area contributed by atoms with E-state index in [0.29, 0.717) is 0 Å². The quantitative estimate of drug-likeness (QED) is 0.155. The summed E-state index contributed by atoms with van der Waals surface area (Å²) in [4.78, 5) is 2.45. The van der Waals surface area contributed by atoms with E-state index in [1.54, 1.807) is 0 Å². The summed E-state index contributed by atoms with van der Waals surface area (Å²) in [5.74, 6) is 0. The molecule has 0 unspecified atom stereocenters. The van der Waals surface area contributed by atoms with Crippen molar-refractivity contribution in [3.05, 3.63) is 258 Å². The van der Waals surface area contributed by atoms with Gasteiger partial charge < -0.3 is 9.47 Å². The first-order valence-corrected chi connectivity index (χ1v) is 23.1. The molecule has 0 saturated carbocycles. The van der Waals surface area contributed by atoms with Crippen molar-refractivity contribution in [3.8, 4) is 11.1 Å². The highest BCUT2D eigenvalue weighted by Gasteiger charge is 2.47. The van der Waals surface area contributed by atoms with Crippen LogP contribution >= 0.6 is 11.3 Å². The van der Waals surface area contributed by atoms with Crippen molar-refractivity contribution in [1.82, 2.24) is 4.57 Å². The fourth-order valence-corrected chi connectivity index (χ4v) is 12.2. The van der Waals surface area contributed by atoms with Crippen LogP contribution in [0.25, 0.3) is 64.4 Å². The fraction of sp³-hybridized carbons (Fsp3) is 0.0492. The smallest absolute Gasteiger partial charge is 0.0714 e. The second-order valence-corrected chi connectivity index (χ2v) is 18.2. The van der Waals surface area contributed by atoms with Crippen molar-refractivity contribution >= 4 is 81.6 Å². The van der Waals surface area contributed by atoms with Gasteiger partial charge in [-0.2, -0.15) is 0 Å². The molecule has 0 spiro atoms. The van der Waals surface area contributed by atoms with E-state index in [2.05, 4.69) is 240 Å². The maximum atomic E-state index is 2.50. The number of benzene rings is 9. The van der Waals surface area contributed by atoms with Crippen LogP contribution in [0.3, 0.4) is 0 Å². The molecular weight excluding hydrogens is 793 g/mol. The van der Waals surface area contributed by atoms with Crippen LogP contribution in [0, 0.1) is 0 Å². The number of fused-ring (bicyclic) bond motifs is 9. The maximum absolute atomic E-state index is 2.50. The lowest BCUT2D eigenvalue weighted by atomic mass is 9.67. The van der Waals surface area contributed by atoms with Crippen molar-refractivity contribution in [2.24, 2.45) is 0 Å². The number of thiophene rings is 1. The molecule has 0 radical (unpaired) electrons. The summed E-state index contributed by atoms with van der Waals surface area (Å²) in [6.45, 7) is 0. The van der Waals surface area contributed by atoms with Crippen LogP contribution in [0.5, 0.6) is 0 Å². The molecule has 0 amide bonds. The van der Waals surface area contributed by atoms with Crippen LogP contribution in [0.4, 0.5) is 17.1 Å². The number of hydrogen-bond acceptors (Lipinski definition) is 2. The Morgan fingerprint density at radius 3 is 1.69 bits per heavy atom. The van der Waals surface area contributed by atoms with E-state index in [9.17, 15) is 0 Å². The third-order valence-electron chi connectivity index (χ3n) is 13.8. The molecular formula is C61H42N2S. The Morgan fingerprint density at radius 1 is 0.406 bits per heavy atom. The van der Waals surface area contributed by atoms with Crippen molar-refractivity contribution in [2.45, 2.75) is 18.3 Å². The number of anilines is 3. The Hall–Kier alpha value is -7.72. The molecule has 0 bridgehead atoms. The zero-order chi connectivity index (χ0) is 42.2. The van der Waals surface area contributed by atoms with Gasteiger partial charge in [-0.25, -0.2) is 0 Å². The highest BCUT2D eigenvalue weighted by Crippen LogP contribution is 2.59. The predicted molar refractivity (Wildman–Crippen MR) is 272 cm³/mol. The third-order valence-corrected chi connectivity index (χ3v) is 14.9. The van der Waals surface area contributed by atoms with Gasteiger partial charge in [0, 0.05) is 53.7 Å². The number of nitrogens with zero attached hydrogens (tertiary/aromatic N) is 2. The lowest BCUT2D eigenvalue weighted by Gasteiger charge is -2.35. The molecule has 2 nitrogen and oxygen atoms in total. The van der Waals surface area contributed by atoms with Crippen molar-refractivity contribution in [2.75, 3.05) is 4.90 Å². The van der Waals surface area contributed by atoms with E-state index in [4.69, 9.17) is 0 Å². The van der Waals surface area contributed by atoms with Crippen molar-refractivity contribution < 1.29 is 0 Å². The minimum absolute atomic E-state index is 0.561. The average Bonchev–Trinajstić information content (AvgIpc) is 4.01. The number of para-hydroxylation sites is 3. The minimum Gasteiger partial charge on any atom is -0.313 e. The first-order valence-electron chi connectivity index (χ1n) is 22.3. The number of aromatic nitrogens is 1. The second kappa shape index (κ2) is 14.7. The molecule has 9 aromatic carbocycles. The maximum Gasteiger partial charge on any atom is 0.0714 e. The van der Waals surface area contributed by atoms with Crippen LogP contribution in [0.1, 0.15) is 40.7 Å². The summed E-state index contributed by atoms with van der Waals surface area (Å²) >= 11 is 1.86. The number of rotatable bonds is 7. The van der Waals surface area contributed by atoms with Crippen LogP contribution < -0.4 is 4.90 Å². The molecule has 0 aliphatic heterocycles. The lowest BCUT2D eigenvalue weighted by Crippen LogP contribution is -2.28. The van der Waals surface area contributed by atoms with Crippen LogP contribution in [-0.2, 0) is 5.41 Å². The average molecular weight is 835 g/mol. The van der Waals surface area contributed by atoms with E-state index in [1.165, 1.54) is 92.2 Å². The summed E-state index contributed by atoms with van der Waals surface area (Å²) in [5, 5.41) is 5.19.